The maximum atomic E-state index is 14.3. The molecular weight excluding hydrogens is 473 g/mol. The van der Waals surface area contributed by atoms with E-state index in [1.807, 2.05) is 6.07 Å². The van der Waals surface area contributed by atoms with Gasteiger partial charge < -0.3 is 20.5 Å². The fourth-order valence-corrected chi connectivity index (χ4v) is 5.03. The molecule has 3 amide bonds. The van der Waals surface area contributed by atoms with Crippen molar-refractivity contribution in [3.63, 3.8) is 0 Å². The third-order valence-corrected chi connectivity index (χ3v) is 6.47. The number of primary amides is 1. The van der Waals surface area contributed by atoms with Gasteiger partial charge >= 0.3 is 6.03 Å². The molecule has 192 valence electrons. The van der Waals surface area contributed by atoms with Gasteiger partial charge in [0.25, 0.3) is 5.91 Å². The number of nitrogens with two attached hydrogens (primary N) is 1. The van der Waals surface area contributed by atoms with Crippen LogP contribution in [0.3, 0.4) is 0 Å². The molecule has 0 aliphatic carbocycles. The SMILES string of the molecule is Cc1cc(C)c(COc2nsc(NC(=O)NCC(C)CN3CC(C)OC(C)C3)c2C(N)=O)c(F)c1. The van der Waals surface area contributed by atoms with E-state index in [-0.39, 0.29) is 41.2 Å². The summed E-state index contributed by atoms with van der Waals surface area (Å²) >= 11 is 0.878. The number of anilines is 1. The van der Waals surface area contributed by atoms with Crippen molar-refractivity contribution >= 4 is 28.5 Å². The van der Waals surface area contributed by atoms with Crippen molar-refractivity contribution in [1.82, 2.24) is 14.6 Å². The summed E-state index contributed by atoms with van der Waals surface area (Å²) in [5, 5.41) is 5.63. The number of ether oxygens (including phenoxy) is 2. The lowest BCUT2D eigenvalue weighted by molar-refractivity contribution is -0.0707. The average Bonchev–Trinajstić information content (AvgIpc) is 3.13. The number of rotatable bonds is 9. The molecule has 1 aromatic carbocycles. The van der Waals surface area contributed by atoms with Crippen molar-refractivity contribution in [2.75, 3.05) is 31.5 Å². The van der Waals surface area contributed by atoms with Crippen molar-refractivity contribution in [2.45, 2.75) is 53.4 Å². The van der Waals surface area contributed by atoms with Crippen LogP contribution in [0.15, 0.2) is 12.1 Å². The smallest absolute Gasteiger partial charge is 0.319 e. The van der Waals surface area contributed by atoms with Gasteiger partial charge in [0.05, 0.1) is 12.2 Å². The Labute approximate surface area is 209 Å². The number of carbonyl (C=O) groups excluding carboxylic acids is 2. The lowest BCUT2D eigenvalue weighted by Gasteiger charge is -2.36. The van der Waals surface area contributed by atoms with Crippen LogP contribution in [0.2, 0.25) is 0 Å². The summed E-state index contributed by atoms with van der Waals surface area (Å²) in [7, 11) is 0. The van der Waals surface area contributed by atoms with Crippen LogP contribution >= 0.6 is 11.5 Å². The number of hydrogen-bond acceptors (Lipinski definition) is 7. The number of morpholine rings is 1. The minimum atomic E-state index is -0.797. The van der Waals surface area contributed by atoms with Crippen molar-refractivity contribution in [2.24, 2.45) is 11.7 Å². The molecule has 1 saturated heterocycles. The Morgan fingerprint density at radius 2 is 2.00 bits per heavy atom. The molecule has 1 aliphatic heterocycles. The summed E-state index contributed by atoms with van der Waals surface area (Å²) in [6.45, 7) is 12.6. The molecule has 0 bridgehead atoms. The van der Waals surface area contributed by atoms with Crippen LogP contribution < -0.4 is 21.1 Å². The minimum Gasteiger partial charge on any atom is -0.471 e. The number of benzene rings is 1. The first-order valence-corrected chi connectivity index (χ1v) is 12.4. The zero-order valence-corrected chi connectivity index (χ0v) is 21.6. The second kappa shape index (κ2) is 11.8. The van der Waals surface area contributed by atoms with Gasteiger partial charge in [-0.15, -0.1) is 0 Å². The molecule has 1 aliphatic rings. The highest BCUT2D eigenvalue weighted by Gasteiger charge is 2.25. The Balaban J connectivity index is 1.56. The van der Waals surface area contributed by atoms with Crippen molar-refractivity contribution in [3.05, 3.63) is 40.2 Å². The molecule has 3 unspecified atom stereocenters. The fraction of sp³-hybridized carbons (Fsp3) is 0.542. The Morgan fingerprint density at radius 3 is 2.63 bits per heavy atom. The predicted molar refractivity (Wildman–Crippen MR) is 133 cm³/mol. The monoisotopic (exact) mass is 507 g/mol. The largest absolute Gasteiger partial charge is 0.471 e. The van der Waals surface area contributed by atoms with Gasteiger partial charge in [-0.1, -0.05) is 13.0 Å². The maximum absolute atomic E-state index is 14.3. The molecule has 1 fully saturated rings. The van der Waals surface area contributed by atoms with E-state index in [1.165, 1.54) is 6.07 Å². The summed E-state index contributed by atoms with van der Waals surface area (Å²) in [5.41, 5.74) is 7.37. The zero-order chi connectivity index (χ0) is 25.7. The van der Waals surface area contributed by atoms with E-state index >= 15 is 0 Å². The van der Waals surface area contributed by atoms with E-state index < -0.39 is 17.8 Å². The standard InChI is InChI=1S/C24H34FN5O4S/c1-13-6-15(3)18(19(25)7-13)12-33-22-20(21(26)31)23(35-29-22)28-24(32)27-8-14(2)9-30-10-16(4)34-17(5)11-30/h6-7,14,16-17H,8-12H2,1-5H3,(H2,26,31)(H2,27,28,32). The molecular formula is C24H34FN5O4S. The first-order valence-electron chi connectivity index (χ1n) is 11.6. The summed E-state index contributed by atoms with van der Waals surface area (Å²) in [6, 6.07) is 2.79. The Kier molecular flexibility index (Phi) is 9.03. The van der Waals surface area contributed by atoms with E-state index in [0.717, 1.165) is 42.3 Å². The van der Waals surface area contributed by atoms with Crippen LogP contribution in [0.1, 0.15) is 47.8 Å². The first kappa shape index (κ1) is 26.8. The first-order chi connectivity index (χ1) is 16.5. The fourth-order valence-electron chi connectivity index (χ4n) is 4.30. The number of urea groups is 1. The van der Waals surface area contributed by atoms with Crippen molar-refractivity contribution < 1.29 is 23.5 Å². The van der Waals surface area contributed by atoms with Gasteiger partial charge in [0.1, 0.15) is 23.0 Å². The van der Waals surface area contributed by atoms with Crippen LogP contribution in [0.25, 0.3) is 0 Å². The molecule has 3 atom stereocenters. The number of carbonyl (C=O) groups is 2. The van der Waals surface area contributed by atoms with Crippen LogP contribution in [0.4, 0.5) is 14.2 Å². The van der Waals surface area contributed by atoms with Gasteiger partial charge in [0.15, 0.2) is 0 Å². The van der Waals surface area contributed by atoms with E-state index in [1.54, 1.807) is 13.8 Å². The van der Waals surface area contributed by atoms with E-state index in [4.69, 9.17) is 15.2 Å². The molecule has 1 aromatic heterocycles. The highest BCUT2D eigenvalue weighted by molar-refractivity contribution is 7.11. The molecule has 9 nitrogen and oxygen atoms in total. The molecule has 2 heterocycles. The summed E-state index contributed by atoms with van der Waals surface area (Å²) in [4.78, 5) is 26.9. The summed E-state index contributed by atoms with van der Waals surface area (Å²) in [5.74, 6) is -1.02. The number of aryl methyl sites for hydroxylation is 2. The molecule has 11 heteroatoms. The molecule has 0 saturated carbocycles. The third-order valence-electron chi connectivity index (χ3n) is 5.73. The van der Waals surface area contributed by atoms with Crippen LogP contribution in [-0.4, -0.2) is 59.6 Å². The molecule has 0 spiro atoms. The molecule has 3 rings (SSSR count). The van der Waals surface area contributed by atoms with Gasteiger partial charge in [-0.25, -0.2) is 9.18 Å². The van der Waals surface area contributed by atoms with Crippen LogP contribution in [0, 0.1) is 25.6 Å². The Morgan fingerprint density at radius 1 is 1.31 bits per heavy atom. The predicted octanol–water partition coefficient (Wildman–Crippen LogP) is 3.44. The normalized spacial score (nSPS) is 19.3. The van der Waals surface area contributed by atoms with Gasteiger partial charge in [0.2, 0.25) is 5.88 Å². The Bertz CT molecular complexity index is 1030. The number of halogens is 1. The molecule has 35 heavy (non-hydrogen) atoms. The number of aromatic nitrogens is 1. The number of hydrogen-bond donors (Lipinski definition) is 3. The van der Waals surface area contributed by atoms with Gasteiger partial charge in [-0.05, 0) is 62.3 Å². The second-order valence-corrected chi connectivity index (χ2v) is 10.1. The average molecular weight is 508 g/mol. The quantitative estimate of drug-likeness (QED) is 0.478. The van der Waals surface area contributed by atoms with Crippen LogP contribution in [0.5, 0.6) is 5.88 Å². The maximum Gasteiger partial charge on any atom is 0.319 e. The lowest BCUT2D eigenvalue weighted by Crippen LogP contribution is -2.48. The zero-order valence-electron chi connectivity index (χ0n) is 20.8. The van der Waals surface area contributed by atoms with E-state index in [9.17, 15) is 14.0 Å². The number of nitrogens with one attached hydrogen (secondary N) is 2. The van der Waals surface area contributed by atoms with Crippen molar-refractivity contribution in [1.29, 1.82) is 0 Å². The summed E-state index contributed by atoms with van der Waals surface area (Å²) in [6.07, 6.45) is 0.368. The van der Waals surface area contributed by atoms with Gasteiger partial charge in [0, 0.05) is 31.7 Å². The van der Waals surface area contributed by atoms with Crippen LogP contribution in [-0.2, 0) is 11.3 Å². The highest BCUT2D eigenvalue weighted by atomic mass is 32.1. The highest BCUT2D eigenvalue weighted by Crippen LogP contribution is 2.31. The lowest BCUT2D eigenvalue weighted by atomic mass is 10.1. The summed E-state index contributed by atoms with van der Waals surface area (Å²) < 4.78 is 29.8. The minimum absolute atomic E-state index is 0.0406. The topological polar surface area (TPSA) is 119 Å². The second-order valence-electron chi connectivity index (χ2n) is 9.30. The molecule has 4 N–H and O–H groups in total. The van der Waals surface area contributed by atoms with Gasteiger partial charge in [-0.2, -0.15) is 4.37 Å². The number of amides is 3. The van der Waals surface area contributed by atoms with E-state index in [0.29, 0.717) is 12.1 Å². The molecule has 0 radical (unpaired) electrons. The number of nitrogens with zero attached hydrogens (tertiary/aromatic N) is 2. The van der Waals surface area contributed by atoms with E-state index in [2.05, 4.69) is 40.7 Å². The van der Waals surface area contributed by atoms with Gasteiger partial charge in [-0.3, -0.25) is 15.0 Å². The molecule has 2 aromatic rings. The Hall–Kier alpha value is -2.76. The third kappa shape index (κ3) is 7.36. The van der Waals surface area contributed by atoms with Crippen molar-refractivity contribution in [3.8, 4) is 5.88 Å².